The van der Waals surface area contributed by atoms with Gasteiger partial charge in [0.1, 0.15) is 0 Å². The van der Waals surface area contributed by atoms with Crippen molar-refractivity contribution in [2.45, 2.75) is 43.7 Å². The molecule has 7 heteroatoms. The topological polar surface area (TPSA) is 99.0 Å². The van der Waals surface area contributed by atoms with E-state index in [1.807, 2.05) is 25.1 Å². The summed E-state index contributed by atoms with van der Waals surface area (Å²) in [7, 11) is -4.02. The maximum absolute atomic E-state index is 10.5. The number of oxime groups is 1. The summed E-state index contributed by atoms with van der Waals surface area (Å²) in [6, 6.07) is 16.6. The molecule has 1 saturated heterocycles. The average Bonchev–Trinajstić information content (AvgIpc) is 2.62. The molecule has 0 aromatic heterocycles. The van der Waals surface area contributed by atoms with E-state index in [9.17, 15) is 8.42 Å². The maximum Gasteiger partial charge on any atom is 0.294 e. The molecule has 0 radical (unpaired) electrons. The lowest BCUT2D eigenvalue weighted by atomic mass is 9.92. The summed E-state index contributed by atoms with van der Waals surface area (Å²) in [5, 5.41) is 15.8. The van der Waals surface area contributed by atoms with Crippen molar-refractivity contribution in [3.8, 4) is 0 Å². The molecule has 0 amide bonds. The van der Waals surface area contributed by atoms with Crippen molar-refractivity contribution in [2.75, 3.05) is 0 Å². The second-order valence-electron chi connectivity index (χ2n) is 6.33. The van der Waals surface area contributed by atoms with Crippen LogP contribution in [-0.2, 0) is 10.1 Å². The van der Waals surface area contributed by atoms with Gasteiger partial charge in [0, 0.05) is 6.04 Å². The van der Waals surface area contributed by atoms with Gasteiger partial charge in [-0.05, 0) is 44.4 Å². The molecule has 26 heavy (non-hydrogen) atoms. The van der Waals surface area contributed by atoms with Crippen LogP contribution in [0, 0.1) is 6.92 Å². The number of hydrogen-bond acceptors (Lipinski definition) is 5. The monoisotopic (exact) mass is 376 g/mol. The van der Waals surface area contributed by atoms with E-state index < -0.39 is 10.1 Å². The number of hydrogen-bond donors (Lipinski definition) is 3. The Morgan fingerprint density at radius 1 is 1.08 bits per heavy atom. The molecule has 0 bridgehead atoms. The molecule has 2 aromatic carbocycles. The van der Waals surface area contributed by atoms with Gasteiger partial charge in [-0.15, -0.1) is 0 Å². The van der Waals surface area contributed by atoms with Crippen molar-refractivity contribution in [3.63, 3.8) is 0 Å². The van der Waals surface area contributed by atoms with Crippen molar-refractivity contribution < 1.29 is 18.2 Å². The Hall–Kier alpha value is -2.22. The fourth-order valence-electron chi connectivity index (χ4n) is 2.72. The summed E-state index contributed by atoms with van der Waals surface area (Å²) in [6.07, 6.45) is 1.90. The first kappa shape index (κ1) is 20.1. The first-order chi connectivity index (χ1) is 12.3. The van der Waals surface area contributed by atoms with Crippen molar-refractivity contribution in [2.24, 2.45) is 5.16 Å². The predicted molar refractivity (Wildman–Crippen MR) is 101 cm³/mol. The summed E-state index contributed by atoms with van der Waals surface area (Å²) < 4.78 is 29.6. The van der Waals surface area contributed by atoms with Gasteiger partial charge < -0.3 is 10.5 Å². The summed E-state index contributed by atoms with van der Waals surface area (Å²) in [6.45, 7) is 4.00. The molecule has 2 aromatic rings. The van der Waals surface area contributed by atoms with Crippen LogP contribution in [0.3, 0.4) is 0 Å². The van der Waals surface area contributed by atoms with E-state index in [0.717, 1.165) is 29.7 Å². The van der Waals surface area contributed by atoms with Gasteiger partial charge >= 0.3 is 0 Å². The highest BCUT2D eigenvalue weighted by molar-refractivity contribution is 7.85. The van der Waals surface area contributed by atoms with E-state index in [1.165, 1.54) is 12.1 Å². The van der Waals surface area contributed by atoms with Crippen LogP contribution in [0.5, 0.6) is 0 Å². The van der Waals surface area contributed by atoms with E-state index in [1.54, 1.807) is 12.1 Å². The molecule has 0 unspecified atom stereocenters. The third-order valence-corrected chi connectivity index (χ3v) is 5.07. The van der Waals surface area contributed by atoms with Gasteiger partial charge in [0.05, 0.1) is 16.6 Å². The number of benzene rings is 2. The second kappa shape index (κ2) is 8.93. The minimum atomic E-state index is -4.02. The van der Waals surface area contributed by atoms with Crippen LogP contribution in [0.4, 0.5) is 0 Å². The molecule has 2 atom stereocenters. The Bertz CT molecular complexity index is 834. The molecule has 140 valence electrons. The smallest absolute Gasteiger partial charge is 0.294 e. The lowest BCUT2D eigenvalue weighted by Gasteiger charge is -2.29. The molecule has 1 aliphatic rings. The van der Waals surface area contributed by atoms with Gasteiger partial charge in [-0.25, -0.2) is 0 Å². The largest absolute Gasteiger partial charge is 0.411 e. The quantitative estimate of drug-likeness (QED) is 0.423. The number of rotatable bonds is 2. The zero-order chi connectivity index (χ0) is 19.2. The molecular formula is C19H24N2O4S. The second-order valence-corrected chi connectivity index (χ2v) is 7.75. The highest BCUT2D eigenvalue weighted by Gasteiger charge is 2.25. The summed E-state index contributed by atoms with van der Waals surface area (Å²) >= 11 is 0. The predicted octanol–water partition coefficient (Wildman–Crippen LogP) is 3.57. The summed E-state index contributed by atoms with van der Waals surface area (Å²) in [5.41, 5.74) is 2.95. The molecule has 6 nitrogen and oxygen atoms in total. The number of nitrogens with one attached hydrogen (secondary N) is 1. The van der Waals surface area contributed by atoms with E-state index in [-0.39, 0.29) is 10.9 Å². The average molecular weight is 376 g/mol. The Labute approximate surface area is 154 Å². The SMILES string of the molecule is C[C@H]1CC/C(=N\O)[C@H](c2ccccc2)N1.Cc1ccc(S(=O)(=O)O)cc1. The Balaban J connectivity index is 0.000000197. The highest BCUT2D eigenvalue weighted by atomic mass is 32.2. The first-order valence-corrected chi connectivity index (χ1v) is 9.81. The van der Waals surface area contributed by atoms with Gasteiger partial charge in [0.15, 0.2) is 0 Å². The van der Waals surface area contributed by atoms with Crippen LogP contribution >= 0.6 is 0 Å². The molecule has 1 aliphatic heterocycles. The van der Waals surface area contributed by atoms with E-state index in [0.29, 0.717) is 6.04 Å². The van der Waals surface area contributed by atoms with Gasteiger partial charge in [0.2, 0.25) is 0 Å². The summed E-state index contributed by atoms with van der Waals surface area (Å²) in [4.78, 5) is -0.0666. The fraction of sp³-hybridized carbons (Fsp3) is 0.316. The lowest BCUT2D eigenvalue weighted by Crippen LogP contribution is -2.40. The minimum Gasteiger partial charge on any atom is -0.411 e. The molecule has 0 saturated carbocycles. The van der Waals surface area contributed by atoms with Crippen LogP contribution in [0.25, 0.3) is 0 Å². The van der Waals surface area contributed by atoms with Gasteiger partial charge in [-0.2, -0.15) is 8.42 Å². The molecule has 1 fully saturated rings. The molecule has 0 aliphatic carbocycles. The zero-order valence-corrected chi connectivity index (χ0v) is 15.6. The van der Waals surface area contributed by atoms with Gasteiger partial charge in [0.25, 0.3) is 10.1 Å². The first-order valence-electron chi connectivity index (χ1n) is 8.37. The fourth-order valence-corrected chi connectivity index (χ4v) is 3.20. The number of aryl methyl sites for hydroxylation is 1. The van der Waals surface area contributed by atoms with Crippen molar-refractivity contribution in [1.82, 2.24) is 5.32 Å². The Morgan fingerprint density at radius 3 is 2.23 bits per heavy atom. The van der Waals surface area contributed by atoms with Crippen LogP contribution in [0.2, 0.25) is 0 Å². The van der Waals surface area contributed by atoms with E-state index in [2.05, 4.69) is 29.5 Å². The third kappa shape index (κ3) is 5.66. The maximum atomic E-state index is 10.5. The molecule has 3 N–H and O–H groups in total. The standard InChI is InChI=1S/C12H16N2O.C7H8O3S/c1-9-7-8-11(14-15)12(13-9)10-5-3-2-4-6-10;1-6-2-4-7(5-3-6)11(8,9)10/h2-6,9,12-13,15H,7-8H2,1H3;2-5H,1H3,(H,8,9,10)/b14-11+;/t9-,12-;/m0./s1. The van der Waals surface area contributed by atoms with Crippen molar-refractivity contribution in [3.05, 3.63) is 65.7 Å². The van der Waals surface area contributed by atoms with Crippen LogP contribution < -0.4 is 5.32 Å². The van der Waals surface area contributed by atoms with Crippen molar-refractivity contribution in [1.29, 1.82) is 0 Å². The number of nitrogens with zero attached hydrogens (tertiary/aromatic N) is 1. The Kier molecular flexibility index (Phi) is 6.90. The van der Waals surface area contributed by atoms with E-state index in [4.69, 9.17) is 9.76 Å². The minimum absolute atomic E-state index is 0.0666. The summed E-state index contributed by atoms with van der Waals surface area (Å²) in [5.74, 6) is 0. The Morgan fingerprint density at radius 2 is 1.69 bits per heavy atom. The van der Waals surface area contributed by atoms with Crippen LogP contribution in [-0.4, -0.2) is 29.9 Å². The van der Waals surface area contributed by atoms with Gasteiger partial charge in [-0.1, -0.05) is 53.2 Å². The molecule has 1 heterocycles. The number of piperidine rings is 1. The van der Waals surface area contributed by atoms with Crippen molar-refractivity contribution >= 4 is 15.8 Å². The third-order valence-electron chi connectivity index (χ3n) is 4.20. The molecule has 3 rings (SSSR count). The normalized spacial score (nSPS) is 21.7. The van der Waals surface area contributed by atoms with Crippen LogP contribution in [0.1, 0.15) is 36.9 Å². The van der Waals surface area contributed by atoms with Gasteiger partial charge in [-0.3, -0.25) is 4.55 Å². The lowest BCUT2D eigenvalue weighted by molar-refractivity contribution is 0.308. The van der Waals surface area contributed by atoms with E-state index >= 15 is 0 Å². The highest BCUT2D eigenvalue weighted by Crippen LogP contribution is 2.23. The van der Waals surface area contributed by atoms with Crippen LogP contribution in [0.15, 0.2) is 64.6 Å². The zero-order valence-electron chi connectivity index (χ0n) is 14.8. The molecule has 0 spiro atoms. The molecular weight excluding hydrogens is 352 g/mol.